The van der Waals surface area contributed by atoms with E-state index in [1.54, 1.807) is 0 Å². The third-order valence-corrected chi connectivity index (χ3v) is 14.1. The normalized spacial score (nSPS) is 12.6. The van der Waals surface area contributed by atoms with E-state index in [4.69, 9.17) is 4.74 Å². The molecule has 0 heterocycles. The molecule has 66 heavy (non-hydrogen) atoms. The fraction of sp³-hybridized carbons (Fsp3) is 0.933. The van der Waals surface area contributed by atoms with Gasteiger partial charge in [-0.1, -0.05) is 289 Å². The molecule has 0 bridgehead atoms. The number of unbranched alkanes of at least 4 members (excludes halogenated alkanes) is 43. The zero-order valence-corrected chi connectivity index (χ0v) is 44.7. The lowest BCUT2D eigenvalue weighted by molar-refractivity contribution is -0.143. The van der Waals surface area contributed by atoms with Crippen LogP contribution in [-0.4, -0.2) is 47.4 Å². The highest BCUT2D eigenvalue weighted by Gasteiger charge is 2.20. The van der Waals surface area contributed by atoms with Crippen LogP contribution in [0, 0.1) is 0 Å². The van der Waals surface area contributed by atoms with Crippen LogP contribution in [0.3, 0.4) is 0 Å². The summed E-state index contributed by atoms with van der Waals surface area (Å²) in [5, 5.41) is 23.2. The molecule has 3 N–H and O–H groups in total. The molecule has 2 atom stereocenters. The molecule has 392 valence electrons. The molecule has 0 saturated carbocycles. The molecule has 6 heteroatoms. The Morgan fingerprint density at radius 3 is 1.12 bits per heavy atom. The molecular weight excluding hydrogens is 815 g/mol. The van der Waals surface area contributed by atoms with Gasteiger partial charge in [-0.05, 0) is 44.9 Å². The minimum absolute atomic E-state index is 0.00645. The van der Waals surface area contributed by atoms with Crippen molar-refractivity contribution in [3.05, 3.63) is 12.2 Å². The van der Waals surface area contributed by atoms with E-state index in [2.05, 4.69) is 31.3 Å². The van der Waals surface area contributed by atoms with Crippen LogP contribution in [0.1, 0.15) is 335 Å². The van der Waals surface area contributed by atoms with Crippen LogP contribution in [0.4, 0.5) is 0 Å². The van der Waals surface area contributed by atoms with Crippen molar-refractivity contribution in [2.75, 3.05) is 13.2 Å². The predicted octanol–water partition coefficient (Wildman–Crippen LogP) is 18.5. The molecule has 0 spiro atoms. The van der Waals surface area contributed by atoms with Crippen molar-refractivity contribution < 1.29 is 24.5 Å². The summed E-state index contributed by atoms with van der Waals surface area (Å²) in [6.45, 7) is 4.93. The first-order valence-corrected chi connectivity index (χ1v) is 29.9. The molecule has 0 aliphatic heterocycles. The Bertz CT molecular complexity index is 986. The van der Waals surface area contributed by atoms with Crippen molar-refractivity contribution in [2.24, 2.45) is 0 Å². The van der Waals surface area contributed by atoms with Crippen LogP contribution in [0.25, 0.3) is 0 Å². The minimum atomic E-state index is -0.660. The SMILES string of the molecule is CCCC/C=C\CCCCCCCC(=O)OCCCCCCCCCCCCCCCCCCCCCCCCCCCCC(=O)NC(CO)C(O)CCCCCCCCCCCCCC. The number of amides is 1. The molecular formula is C60H117NO5. The molecule has 0 aromatic carbocycles. The third kappa shape index (κ3) is 52.0. The van der Waals surface area contributed by atoms with Crippen molar-refractivity contribution in [2.45, 2.75) is 347 Å². The highest BCUT2D eigenvalue weighted by atomic mass is 16.5. The summed E-state index contributed by atoms with van der Waals surface area (Å²) in [7, 11) is 0. The second-order valence-electron chi connectivity index (χ2n) is 20.7. The van der Waals surface area contributed by atoms with E-state index in [0.717, 1.165) is 44.9 Å². The lowest BCUT2D eigenvalue weighted by Gasteiger charge is -2.22. The van der Waals surface area contributed by atoms with Crippen molar-refractivity contribution in [1.82, 2.24) is 5.32 Å². The summed E-state index contributed by atoms with van der Waals surface area (Å²) in [5.74, 6) is -0.0253. The van der Waals surface area contributed by atoms with Crippen molar-refractivity contribution in [3.63, 3.8) is 0 Å². The van der Waals surface area contributed by atoms with Crippen LogP contribution >= 0.6 is 0 Å². The fourth-order valence-electron chi connectivity index (χ4n) is 9.45. The molecule has 6 nitrogen and oxygen atoms in total. The van der Waals surface area contributed by atoms with E-state index in [-0.39, 0.29) is 18.5 Å². The fourth-order valence-corrected chi connectivity index (χ4v) is 9.45. The summed E-state index contributed by atoms with van der Waals surface area (Å²) in [6, 6.07) is -0.537. The molecule has 0 fully saturated rings. The largest absolute Gasteiger partial charge is 0.466 e. The number of allylic oxidation sites excluding steroid dienone is 2. The Balaban J connectivity index is 3.34. The smallest absolute Gasteiger partial charge is 0.305 e. The molecule has 0 saturated heterocycles. The maximum Gasteiger partial charge on any atom is 0.305 e. The first-order chi connectivity index (χ1) is 32.5. The van der Waals surface area contributed by atoms with E-state index in [1.165, 1.54) is 257 Å². The Hall–Kier alpha value is -1.40. The van der Waals surface area contributed by atoms with Crippen LogP contribution in [0.15, 0.2) is 12.2 Å². The number of carbonyl (C=O) groups is 2. The molecule has 0 rings (SSSR count). The van der Waals surface area contributed by atoms with Gasteiger partial charge in [0.15, 0.2) is 0 Å². The molecule has 0 radical (unpaired) electrons. The summed E-state index contributed by atoms with van der Waals surface area (Å²) in [4.78, 5) is 24.4. The maximum absolute atomic E-state index is 12.5. The maximum atomic E-state index is 12.5. The molecule has 0 aliphatic rings. The van der Waals surface area contributed by atoms with Crippen LogP contribution in [0.2, 0.25) is 0 Å². The standard InChI is InChI=1S/C60H117NO5/c1-3-5-7-9-11-13-15-33-36-40-44-48-52-58(63)57(56-62)61-59(64)53-49-45-41-37-34-30-28-26-24-22-20-18-16-17-19-21-23-25-27-29-31-35-39-43-47-51-55-66-60(65)54-50-46-42-38-32-14-12-10-8-6-4-2/h10,12,57-58,62-63H,3-9,11,13-56H2,1-2H3,(H,61,64)/b12-10-. The number of hydrogen-bond acceptors (Lipinski definition) is 5. The van der Waals surface area contributed by atoms with Crippen LogP contribution in [-0.2, 0) is 14.3 Å². The van der Waals surface area contributed by atoms with Crippen LogP contribution in [0.5, 0.6) is 0 Å². The van der Waals surface area contributed by atoms with Gasteiger partial charge in [-0.25, -0.2) is 0 Å². The number of rotatable bonds is 56. The van der Waals surface area contributed by atoms with Gasteiger partial charge in [0.25, 0.3) is 0 Å². The van der Waals surface area contributed by atoms with Gasteiger partial charge < -0.3 is 20.3 Å². The minimum Gasteiger partial charge on any atom is -0.466 e. The molecule has 2 unspecified atom stereocenters. The Kier molecular flexibility index (Phi) is 55.0. The van der Waals surface area contributed by atoms with E-state index < -0.39 is 12.1 Å². The van der Waals surface area contributed by atoms with Gasteiger partial charge in [0.1, 0.15) is 0 Å². The number of carbonyl (C=O) groups excluding carboxylic acids is 2. The van der Waals surface area contributed by atoms with E-state index in [9.17, 15) is 19.8 Å². The second kappa shape index (κ2) is 56.2. The summed E-state index contributed by atoms with van der Waals surface area (Å²) in [5.41, 5.74) is 0. The van der Waals surface area contributed by atoms with E-state index in [0.29, 0.717) is 25.9 Å². The highest BCUT2D eigenvalue weighted by molar-refractivity contribution is 5.76. The summed E-state index contributed by atoms with van der Waals surface area (Å²) < 4.78 is 5.46. The van der Waals surface area contributed by atoms with Gasteiger partial charge in [0, 0.05) is 12.8 Å². The van der Waals surface area contributed by atoms with Crippen LogP contribution < -0.4 is 5.32 Å². The third-order valence-electron chi connectivity index (χ3n) is 14.1. The lowest BCUT2D eigenvalue weighted by atomic mass is 10.0. The first kappa shape index (κ1) is 64.6. The Morgan fingerprint density at radius 1 is 0.409 bits per heavy atom. The summed E-state index contributed by atoms with van der Waals surface area (Å²) >= 11 is 0. The zero-order chi connectivity index (χ0) is 47.9. The van der Waals surface area contributed by atoms with Gasteiger partial charge in [-0.15, -0.1) is 0 Å². The van der Waals surface area contributed by atoms with Gasteiger partial charge in [-0.2, -0.15) is 0 Å². The first-order valence-electron chi connectivity index (χ1n) is 29.9. The van der Waals surface area contributed by atoms with Gasteiger partial charge in [0.2, 0.25) is 5.91 Å². The lowest BCUT2D eigenvalue weighted by Crippen LogP contribution is -2.45. The molecule has 1 amide bonds. The number of nitrogens with one attached hydrogen (secondary N) is 1. The topological polar surface area (TPSA) is 95.9 Å². The number of aliphatic hydroxyl groups is 2. The van der Waals surface area contributed by atoms with E-state index in [1.807, 2.05) is 0 Å². The summed E-state index contributed by atoms with van der Waals surface area (Å²) in [6.07, 6.45) is 66.5. The monoisotopic (exact) mass is 932 g/mol. The zero-order valence-electron chi connectivity index (χ0n) is 44.7. The highest BCUT2D eigenvalue weighted by Crippen LogP contribution is 2.18. The molecule has 0 aromatic rings. The van der Waals surface area contributed by atoms with Crippen molar-refractivity contribution in [1.29, 1.82) is 0 Å². The molecule has 0 aromatic heterocycles. The van der Waals surface area contributed by atoms with Gasteiger partial charge in [-0.3, -0.25) is 9.59 Å². The quantitative estimate of drug-likeness (QED) is 0.0321. The number of ether oxygens (including phenoxy) is 1. The molecule has 0 aliphatic carbocycles. The number of esters is 1. The Morgan fingerprint density at radius 2 is 0.727 bits per heavy atom. The predicted molar refractivity (Wildman–Crippen MR) is 287 cm³/mol. The van der Waals surface area contributed by atoms with E-state index >= 15 is 0 Å². The van der Waals surface area contributed by atoms with Gasteiger partial charge in [0.05, 0.1) is 25.4 Å². The number of aliphatic hydroxyl groups excluding tert-OH is 2. The Labute approximate surface area is 412 Å². The van der Waals surface area contributed by atoms with Gasteiger partial charge >= 0.3 is 5.97 Å². The second-order valence-corrected chi connectivity index (χ2v) is 20.7. The average molecular weight is 933 g/mol. The number of hydrogen-bond donors (Lipinski definition) is 3. The van der Waals surface area contributed by atoms with Crippen molar-refractivity contribution >= 4 is 11.9 Å². The van der Waals surface area contributed by atoms with Crippen molar-refractivity contribution in [3.8, 4) is 0 Å². The average Bonchev–Trinajstić information content (AvgIpc) is 3.32.